The van der Waals surface area contributed by atoms with Crippen LogP contribution in [-0.2, 0) is 16.6 Å². The number of sulfonamides is 1. The van der Waals surface area contributed by atoms with Crippen LogP contribution in [0.2, 0.25) is 0 Å². The van der Waals surface area contributed by atoms with E-state index in [1.807, 2.05) is 43.5 Å². The van der Waals surface area contributed by atoms with Crippen molar-refractivity contribution in [3.8, 4) is 5.69 Å². The van der Waals surface area contributed by atoms with Gasteiger partial charge in [0.25, 0.3) is 5.91 Å². The molecule has 0 radical (unpaired) electrons. The molecule has 1 amide bonds. The number of hydrogen-bond donors (Lipinski definition) is 1. The van der Waals surface area contributed by atoms with Crippen molar-refractivity contribution in [1.29, 1.82) is 0 Å². The predicted octanol–water partition coefficient (Wildman–Crippen LogP) is 3.29. The molecule has 1 saturated heterocycles. The van der Waals surface area contributed by atoms with Gasteiger partial charge in [0.05, 0.1) is 10.6 Å². The maximum absolute atomic E-state index is 13.0. The van der Waals surface area contributed by atoms with E-state index in [1.165, 1.54) is 10.4 Å². The van der Waals surface area contributed by atoms with Gasteiger partial charge in [-0.25, -0.2) is 13.1 Å². The number of benzene rings is 2. The number of aromatic nitrogens is 2. The first-order valence-electron chi connectivity index (χ1n) is 10.4. The van der Waals surface area contributed by atoms with E-state index in [9.17, 15) is 13.2 Å². The largest absolute Gasteiger partial charge is 0.348 e. The molecule has 7 nitrogen and oxygen atoms in total. The predicted molar refractivity (Wildman–Crippen MR) is 119 cm³/mol. The van der Waals surface area contributed by atoms with Crippen molar-refractivity contribution >= 4 is 15.9 Å². The quantitative estimate of drug-likeness (QED) is 0.640. The van der Waals surface area contributed by atoms with Gasteiger partial charge < -0.3 is 5.32 Å². The first-order chi connectivity index (χ1) is 15.0. The summed E-state index contributed by atoms with van der Waals surface area (Å²) in [5.74, 6) is -0.302. The van der Waals surface area contributed by atoms with Crippen LogP contribution in [0.5, 0.6) is 0 Å². The summed E-state index contributed by atoms with van der Waals surface area (Å²) in [6.45, 7) is 3.17. The van der Waals surface area contributed by atoms with Crippen LogP contribution in [0.3, 0.4) is 0 Å². The minimum atomic E-state index is -3.60. The molecule has 0 saturated carbocycles. The number of nitrogens with zero attached hydrogens (tertiary/aromatic N) is 3. The van der Waals surface area contributed by atoms with E-state index >= 15 is 0 Å². The normalized spacial score (nSPS) is 15.0. The zero-order chi connectivity index (χ0) is 21.8. The lowest BCUT2D eigenvalue weighted by atomic mass is 10.1. The van der Waals surface area contributed by atoms with Crippen LogP contribution in [-0.4, -0.2) is 41.5 Å². The summed E-state index contributed by atoms with van der Waals surface area (Å²) in [6, 6.07) is 14.3. The van der Waals surface area contributed by atoms with Crippen LogP contribution >= 0.6 is 0 Å². The number of piperidine rings is 1. The average molecular weight is 439 g/mol. The fourth-order valence-corrected chi connectivity index (χ4v) is 5.37. The molecule has 8 heteroatoms. The lowest BCUT2D eigenvalue weighted by Crippen LogP contribution is -2.35. The van der Waals surface area contributed by atoms with Crippen molar-refractivity contribution < 1.29 is 13.2 Å². The zero-order valence-corrected chi connectivity index (χ0v) is 18.3. The SMILES string of the molecule is Cc1ccc(S(=O)(=O)N2CCCCC2)cc1C(=O)NCc1ccccc1-n1cccn1. The molecule has 0 aliphatic carbocycles. The lowest BCUT2D eigenvalue weighted by molar-refractivity contribution is 0.0950. The Labute approximate surface area is 182 Å². The van der Waals surface area contributed by atoms with E-state index in [0.717, 1.165) is 36.1 Å². The van der Waals surface area contributed by atoms with Crippen molar-refractivity contribution in [2.24, 2.45) is 0 Å². The number of carbonyl (C=O) groups is 1. The lowest BCUT2D eigenvalue weighted by Gasteiger charge is -2.26. The number of aryl methyl sites for hydroxylation is 1. The van der Waals surface area contributed by atoms with E-state index in [0.29, 0.717) is 25.2 Å². The van der Waals surface area contributed by atoms with E-state index in [1.54, 1.807) is 23.0 Å². The van der Waals surface area contributed by atoms with Crippen LogP contribution in [0.4, 0.5) is 0 Å². The molecule has 0 bridgehead atoms. The highest BCUT2D eigenvalue weighted by atomic mass is 32.2. The summed E-state index contributed by atoms with van der Waals surface area (Å²) in [5.41, 5.74) is 2.89. The van der Waals surface area contributed by atoms with Gasteiger partial charge in [-0.15, -0.1) is 0 Å². The van der Waals surface area contributed by atoms with Gasteiger partial charge in [0.15, 0.2) is 0 Å². The monoisotopic (exact) mass is 438 g/mol. The van der Waals surface area contributed by atoms with Gasteiger partial charge in [0.1, 0.15) is 0 Å². The Morgan fingerprint density at radius 3 is 2.58 bits per heavy atom. The number of hydrogen-bond acceptors (Lipinski definition) is 4. The molecular weight excluding hydrogens is 412 g/mol. The minimum absolute atomic E-state index is 0.169. The smallest absolute Gasteiger partial charge is 0.251 e. The molecule has 2 aromatic carbocycles. The summed E-state index contributed by atoms with van der Waals surface area (Å²) in [7, 11) is -3.60. The molecule has 1 fully saturated rings. The van der Waals surface area contributed by atoms with Gasteiger partial charge in [0, 0.05) is 37.6 Å². The molecule has 162 valence electrons. The average Bonchev–Trinajstić information content (AvgIpc) is 3.33. The molecule has 1 N–H and O–H groups in total. The molecule has 2 heterocycles. The Morgan fingerprint density at radius 2 is 1.84 bits per heavy atom. The van der Waals surface area contributed by atoms with E-state index in [-0.39, 0.29) is 10.8 Å². The van der Waals surface area contributed by atoms with Gasteiger partial charge in [-0.2, -0.15) is 9.40 Å². The van der Waals surface area contributed by atoms with Crippen molar-refractivity contribution in [2.45, 2.75) is 37.6 Å². The maximum atomic E-state index is 13.0. The van der Waals surface area contributed by atoms with E-state index in [4.69, 9.17) is 0 Å². The van der Waals surface area contributed by atoms with Gasteiger partial charge in [-0.3, -0.25) is 4.79 Å². The third-order valence-corrected chi connectivity index (χ3v) is 7.48. The Bertz CT molecular complexity index is 1170. The highest BCUT2D eigenvalue weighted by Gasteiger charge is 2.27. The Balaban J connectivity index is 1.54. The second-order valence-corrected chi connectivity index (χ2v) is 9.64. The van der Waals surface area contributed by atoms with Gasteiger partial charge >= 0.3 is 0 Å². The standard InChI is InChI=1S/C23H26N4O3S/c1-18-10-11-20(31(29,30)26-13-5-2-6-14-26)16-21(18)23(28)24-17-19-8-3-4-9-22(19)27-15-7-12-25-27/h3-4,7-12,15-16H,2,5-6,13-14,17H2,1H3,(H,24,28). The Kier molecular flexibility index (Phi) is 6.20. The second-order valence-electron chi connectivity index (χ2n) is 7.70. The summed E-state index contributed by atoms with van der Waals surface area (Å²) < 4.78 is 29.3. The first-order valence-corrected chi connectivity index (χ1v) is 11.9. The molecule has 3 aromatic rings. The second kappa shape index (κ2) is 9.03. The van der Waals surface area contributed by atoms with Crippen LogP contribution < -0.4 is 5.32 Å². The molecule has 0 atom stereocenters. The molecule has 4 rings (SSSR count). The van der Waals surface area contributed by atoms with Crippen LogP contribution in [0.25, 0.3) is 5.69 Å². The molecule has 1 aromatic heterocycles. The number of para-hydroxylation sites is 1. The minimum Gasteiger partial charge on any atom is -0.348 e. The van der Waals surface area contributed by atoms with Crippen LogP contribution in [0.15, 0.2) is 65.8 Å². The number of carbonyl (C=O) groups excluding carboxylic acids is 1. The Hall–Kier alpha value is -2.97. The topological polar surface area (TPSA) is 84.3 Å². The van der Waals surface area contributed by atoms with Crippen molar-refractivity contribution in [2.75, 3.05) is 13.1 Å². The molecule has 31 heavy (non-hydrogen) atoms. The number of amides is 1. The highest BCUT2D eigenvalue weighted by Crippen LogP contribution is 2.23. The number of nitrogens with one attached hydrogen (secondary N) is 1. The fraction of sp³-hybridized carbons (Fsp3) is 0.304. The summed E-state index contributed by atoms with van der Waals surface area (Å²) in [6.07, 6.45) is 6.34. The maximum Gasteiger partial charge on any atom is 0.251 e. The van der Waals surface area contributed by atoms with Gasteiger partial charge in [-0.05, 0) is 55.2 Å². The molecular formula is C23H26N4O3S. The summed E-state index contributed by atoms with van der Waals surface area (Å²) >= 11 is 0. The first kappa shape index (κ1) is 21.3. The molecule has 1 aliphatic rings. The highest BCUT2D eigenvalue weighted by molar-refractivity contribution is 7.89. The van der Waals surface area contributed by atoms with Crippen molar-refractivity contribution in [3.05, 3.63) is 77.6 Å². The summed E-state index contributed by atoms with van der Waals surface area (Å²) in [4.78, 5) is 13.1. The van der Waals surface area contributed by atoms with E-state index < -0.39 is 10.0 Å². The third kappa shape index (κ3) is 4.55. The Morgan fingerprint density at radius 1 is 1.06 bits per heavy atom. The van der Waals surface area contributed by atoms with Gasteiger partial charge in [0.2, 0.25) is 10.0 Å². The summed E-state index contributed by atoms with van der Waals surface area (Å²) in [5, 5.41) is 7.19. The van der Waals surface area contributed by atoms with Crippen LogP contribution in [0, 0.1) is 6.92 Å². The number of rotatable bonds is 6. The van der Waals surface area contributed by atoms with Crippen molar-refractivity contribution in [3.63, 3.8) is 0 Å². The zero-order valence-electron chi connectivity index (χ0n) is 17.5. The fourth-order valence-electron chi connectivity index (χ4n) is 3.83. The van der Waals surface area contributed by atoms with Crippen LogP contribution in [0.1, 0.15) is 40.7 Å². The van der Waals surface area contributed by atoms with Crippen molar-refractivity contribution in [1.82, 2.24) is 19.4 Å². The van der Waals surface area contributed by atoms with Gasteiger partial charge in [-0.1, -0.05) is 30.7 Å². The van der Waals surface area contributed by atoms with E-state index in [2.05, 4.69) is 10.4 Å². The third-order valence-electron chi connectivity index (χ3n) is 5.59. The molecule has 0 spiro atoms. The molecule has 1 aliphatic heterocycles. The molecule has 0 unspecified atom stereocenters.